The lowest BCUT2D eigenvalue weighted by Crippen LogP contribution is -2.41. The van der Waals surface area contributed by atoms with Crippen molar-refractivity contribution >= 4 is 0 Å². The van der Waals surface area contributed by atoms with Crippen molar-refractivity contribution < 1.29 is 14.9 Å². The molecule has 1 aromatic rings. The second kappa shape index (κ2) is 7.14. The third kappa shape index (κ3) is 4.35. The Kier molecular flexibility index (Phi) is 5.48. The van der Waals surface area contributed by atoms with Crippen LogP contribution in [0.2, 0.25) is 0 Å². The molecule has 1 unspecified atom stereocenters. The lowest BCUT2D eigenvalue weighted by atomic mass is 9.94. The van der Waals surface area contributed by atoms with Gasteiger partial charge >= 0.3 is 0 Å². The first kappa shape index (κ1) is 16.1. The molecule has 0 heterocycles. The van der Waals surface area contributed by atoms with Gasteiger partial charge in [-0.25, -0.2) is 0 Å². The normalized spacial score (nSPS) is 19.8. The highest BCUT2D eigenvalue weighted by Crippen LogP contribution is 2.30. The fraction of sp³-hybridized carbons (Fsp3) is 0.647. The van der Waals surface area contributed by atoms with Gasteiger partial charge in [0.15, 0.2) is 11.5 Å². The van der Waals surface area contributed by atoms with Crippen LogP contribution in [0.5, 0.6) is 11.5 Å². The number of aromatic hydroxyl groups is 1. The number of benzene rings is 1. The Morgan fingerprint density at radius 1 is 1.24 bits per heavy atom. The molecule has 0 saturated heterocycles. The average Bonchev–Trinajstić information content (AvgIpc) is 2.70. The SMILES string of the molecule is COc1cc(C(C)NCC2(O)CCCCCC2)ccc1O. The Morgan fingerprint density at radius 3 is 2.52 bits per heavy atom. The molecule has 1 aliphatic carbocycles. The number of hydrogen-bond acceptors (Lipinski definition) is 4. The summed E-state index contributed by atoms with van der Waals surface area (Å²) in [6.45, 7) is 2.67. The van der Waals surface area contributed by atoms with Gasteiger partial charge in [-0.2, -0.15) is 0 Å². The molecule has 1 saturated carbocycles. The lowest BCUT2D eigenvalue weighted by molar-refractivity contribution is 0.0231. The van der Waals surface area contributed by atoms with Crippen molar-refractivity contribution in [3.05, 3.63) is 23.8 Å². The summed E-state index contributed by atoms with van der Waals surface area (Å²) in [4.78, 5) is 0. The minimum atomic E-state index is -0.578. The van der Waals surface area contributed by atoms with E-state index in [-0.39, 0.29) is 11.8 Å². The van der Waals surface area contributed by atoms with E-state index in [1.807, 2.05) is 12.1 Å². The molecular weight excluding hydrogens is 266 g/mol. The molecule has 0 bridgehead atoms. The van der Waals surface area contributed by atoms with E-state index in [9.17, 15) is 10.2 Å². The summed E-state index contributed by atoms with van der Waals surface area (Å²) in [5, 5.41) is 23.7. The summed E-state index contributed by atoms with van der Waals surface area (Å²) in [6, 6.07) is 5.47. The van der Waals surface area contributed by atoms with Crippen molar-refractivity contribution in [3.8, 4) is 11.5 Å². The molecule has 21 heavy (non-hydrogen) atoms. The van der Waals surface area contributed by atoms with Crippen LogP contribution < -0.4 is 10.1 Å². The first-order valence-electron chi connectivity index (χ1n) is 7.87. The summed E-state index contributed by atoms with van der Waals surface area (Å²) in [6.07, 6.45) is 6.44. The summed E-state index contributed by atoms with van der Waals surface area (Å²) < 4.78 is 5.14. The fourth-order valence-electron chi connectivity index (χ4n) is 2.99. The maximum Gasteiger partial charge on any atom is 0.160 e. The Morgan fingerprint density at radius 2 is 1.90 bits per heavy atom. The first-order valence-corrected chi connectivity index (χ1v) is 7.87. The summed E-state index contributed by atoms with van der Waals surface area (Å²) in [5.74, 6) is 0.630. The molecule has 2 rings (SSSR count). The second-order valence-electron chi connectivity index (χ2n) is 6.17. The van der Waals surface area contributed by atoms with Crippen molar-refractivity contribution in [2.45, 2.75) is 57.1 Å². The van der Waals surface area contributed by atoms with Crippen LogP contribution in [0.15, 0.2) is 18.2 Å². The molecule has 0 amide bonds. The van der Waals surface area contributed by atoms with E-state index < -0.39 is 5.60 Å². The Labute approximate surface area is 127 Å². The van der Waals surface area contributed by atoms with Crippen molar-refractivity contribution in [2.24, 2.45) is 0 Å². The van der Waals surface area contributed by atoms with Crippen LogP contribution in [0.1, 0.15) is 57.1 Å². The minimum Gasteiger partial charge on any atom is -0.504 e. The van der Waals surface area contributed by atoms with Crippen molar-refractivity contribution in [1.82, 2.24) is 5.32 Å². The van der Waals surface area contributed by atoms with Crippen LogP contribution in [-0.2, 0) is 0 Å². The summed E-state index contributed by atoms with van der Waals surface area (Å²) in [5.41, 5.74) is 0.466. The molecule has 0 spiro atoms. The molecule has 3 N–H and O–H groups in total. The number of aliphatic hydroxyl groups is 1. The molecular formula is C17H27NO3. The fourth-order valence-corrected chi connectivity index (χ4v) is 2.99. The maximum absolute atomic E-state index is 10.7. The highest BCUT2D eigenvalue weighted by molar-refractivity contribution is 5.42. The van der Waals surface area contributed by atoms with Gasteiger partial charge in [-0.1, -0.05) is 31.7 Å². The van der Waals surface area contributed by atoms with Gasteiger partial charge in [-0.3, -0.25) is 0 Å². The number of phenols is 1. The predicted molar refractivity (Wildman–Crippen MR) is 83.7 cm³/mol. The van der Waals surface area contributed by atoms with Crippen molar-refractivity contribution in [3.63, 3.8) is 0 Å². The van der Waals surface area contributed by atoms with Gasteiger partial charge in [0, 0.05) is 12.6 Å². The molecule has 1 aromatic carbocycles. The van der Waals surface area contributed by atoms with E-state index in [1.165, 1.54) is 12.8 Å². The monoisotopic (exact) mass is 293 g/mol. The molecule has 1 fully saturated rings. The number of hydrogen-bond donors (Lipinski definition) is 3. The van der Waals surface area contributed by atoms with Crippen LogP contribution in [0, 0.1) is 0 Å². The zero-order valence-electron chi connectivity index (χ0n) is 13.1. The summed E-state index contributed by atoms with van der Waals surface area (Å²) >= 11 is 0. The minimum absolute atomic E-state index is 0.103. The maximum atomic E-state index is 10.7. The number of ether oxygens (including phenoxy) is 1. The van der Waals surface area contributed by atoms with E-state index in [0.29, 0.717) is 12.3 Å². The van der Waals surface area contributed by atoms with Crippen molar-refractivity contribution in [1.29, 1.82) is 0 Å². The van der Waals surface area contributed by atoms with Gasteiger partial charge in [0.05, 0.1) is 12.7 Å². The lowest BCUT2D eigenvalue weighted by Gasteiger charge is -2.29. The topological polar surface area (TPSA) is 61.7 Å². The van der Waals surface area contributed by atoms with E-state index in [4.69, 9.17) is 4.74 Å². The van der Waals surface area contributed by atoms with Gasteiger partial charge in [0.2, 0.25) is 0 Å². The third-order valence-electron chi connectivity index (χ3n) is 4.48. The Hall–Kier alpha value is -1.26. The largest absolute Gasteiger partial charge is 0.504 e. The van der Waals surface area contributed by atoms with E-state index in [0.717, 1.165) is 31.2 Å². The van der Waals surface area contributed by atoms with Crippen LogP contribution in [0.3, 0.4) is 0 Å². The molecule has 0 aliphatic heterocycles. The van der Waals surface area contributed by atoms with E-state index >= 15 is 0 Å². The zero-order chi connectivity index (χ0) is 15.3. The van der Waals surface area contributed by atoms with Gasteiger partial charge in [0.1, 0.15) is 0 Å². The van der Waals surface area contributed by atoms with Gasteiger partial charge in [-0.05, 0) is 37.5 Å². The standard InChI is InChI=1S/C17H27NO3/c1-13(14-7-8-15(19)16(11-14)21-2)18-12-17(20)9-5-3-4-6-10-17/h7-8,11,13,18-20H,3-6,9-10,12H2,1-2H3. The first-order chi connectivity index (χ1) is 10.0. The molecule has 0 radical (unpaired) electrons. The highest BCUT2D eigenvalue weighted by atomic mass is 16.5. The molecule has 4 nitrogen and oxygen atoms in total. The highest BCUT2D eigenvalue weighted by Gasteiger charge is 2.28. The number of nitrogens with one attached hydrogen (secondary N) is 1. The molecule has 1 aliphatic rings. The van der Waals surface area contributed by atoms with Gasteiger partial charge in [-0.15, -0.1) is 0 Å². The van der Waals surface area contributed by atoms with Crippen LogP contribution >= 0.6 is 0 Å². The van der Waals surface area contributed by atoms with Crippen LogP contribution in [0.4, 0.5) is 0 Å². The zero-order valence-corrected chi connectivity index (χ0v) is 13.1. The molecule has 1 atom stereocenters. The van der Waals surface area contributed by atoms with Crippen LogP contribution in [0.25, 0.3) is 0 Å². The molecule has 118 valence electrons. The quantitative estimate of drug-likeness (QED) is 0.730. The Balaban J connectivity index is 1.96. The number of methoxy groups -OCH3 is 1. The van der Waals surface area contributed by atoms with Gasteiger partial charge in [0.25, 0.3) is 0 Å². The smallest absolute Gasteiger partial charge is 0.160 e. The number of phenolic OH excluding ortho intramolecular Hbond substituents is 1. The van der Waals surface area contributed by atoms with E-state index in [2.05, 4.69) is 12.2 Å². The van der Waals surface area contributed by atoms with Crippen molar-refractivity contribution in [2.75, 3.05) is 13.7 Å². The van der Waals surface area contributed by atoms with Gasteiger partial charge < -0.3 is 20.3 Å². The Bertz CT molecular complexity index is 453. The average molecular weight is 293 g/mol. The third-order valence-corrected chi connectivity index (χ3v) is 4.48. The van der Waals surface area contributed by atoms with Crippen LogP contribution in [-0.4, -0.2) is 29.5 Å². The number of rotatable bonds is 5. The summed E-state index contributed by atoms with van der Waals surface area (Å²) in [7, 11) is 1.55. The molecule has 4 heteroatoms. The molecule has 0 aromatic heterocycles. The second-order valence-corrected chi connectivity index (χ2v) is 6.17. The predicted octanol–water partition coefficient (Wildman–Crippen LogP) is 3.14. The van der Waals surface area contributed by atoms with E-state index in [1.54, 1.807) is 13.2 Å².